The number of fused-ring (bicyclic) bond motifs is 1. The predicted molar refractivity (Wildman–Crippen MR) is 72.5 cm³/mol. The fourth-order valence-corrected chi connectivity index (χ4v) is 2.61. The van der Waals surface area contributed by atoms with E-state index in [2.05, 4.69) is 35.1 Å². The highest BCUT2D eigenvalue weighted by molar-refractivity contribution is 5.75. The largest absolute Gasteiger partial charge is 0.348 e. The van der Waals surface area contributed by atoms with Gasteiger partial charge in [0.2, 0.25) is 0 Å². The second kappa shape index (κ2) is 5.46. The predicted octanol–water partition coefficient (Wildman–Crippen LogP) is 2.76. The Morgan fingerprint density at radius 3 is 2.94 bits per heavy atom. The van der Waals surface area contributed by atoms with Crippen molar-refractivity contribution in [2.75, 3.05) is 6.54 Å². The molecule has 0 radical (unpaired) electrons. The molecule has 0 saturated carbocycles. The number of rotatable bonds is 3. The molecule has 2 amide bonds. The number of carbonyl (C=O) groups is 1. The van der Waals surface area contributed by atoms with Crippen LogP contribution in [0.2, 0.25) is 0 Å². The zero-order valence-corrected chi connectivity index (χ0v) is 11.5. The molecule has 18 heavy (non-hydrogen) atoms. The third kappa shape index (κ3) is 2.52. The van der Waals surface area contributed by atoms with Gasteiger partial charge in [-0.05, 0) is 32.4 Å². The first-order valence-corrected chi connectivity index (χ1v) is 6.85. The number of nitrogens with zero attached hydrogens (tertiary/aromatic N) is 2. The Labute approximate surface area is 109 Å². The van der Waals surface area contributed by atoms with Crippen molar-refractivity contribution in [3.05, 3.63) is 24.0 Å². The summed E-state index contributed by atoms with van der Waals surface area (Å²) in [5, 5.41) is 3.00. The van der Waals surface area contributed by atoms with Crippen LogP contribution < -0.4 is 5.32 Å². The van der Waals surface area contributed by atoms with Crippen LogP contribution in [-0.2, 0) is 6.54 Å². The maximum absolute atomic E-state index is 12.2. The molecule has 0 unspecified atom stereocenters. The molecule has 1 aliphatic rings. The van der Waals surface area contributed by atoms with Gasteiger partial charge in [-0.25, -0.2) is 4.79 Å². The normalized spacial score (nSPS) is 18.9. The second-order valence-corrected chi connectivity index (χ2v) is 5.23. The minimum atomic E-state index is 0.0656. The van der Waals surface area contributed by atoms with Crippen molar-refractivity contribution in [1.29, 1.82) is 0 Å². The minimum Gasteiger partial charge on any atom is -0.348 e. The van der Waals surface area contributed by atoms with E-state index in [1.165, 1.54) is 5.69 Å². The smallest absolute Gasteiger partial charge is 0.318 e. The summed E-state index contributed by atoms with van der Waals surface area (Å²) in [4.78, 5) is 14.2. The number of nitrogens with one attached hydrogen (secondary N) is 1. The van der Waals surface area contributed by atoms with E-state index in [1.54, 1.807) is 0 Å². The first kappa shape index (κ1) is 13.0. The Bertz CT molecular complexity index is 411. The fraction of sp³-hybridized carbons (Fsp3) is 0.643. The maximum Gasteiger partial charge on any atom is 0.318 e. The van der Waals surface area contributed by atoms with Gasteiger partial charge in [0.25, 0.3) is 0 Å². The highest BCUT2D eigenvalue weighted by atomic mass is 16.2. The first-order chi connectivity index (χ1) is 8.63. The zero-order valence-electron chi connectivity index (χ0n) is 11.5. The molecule has 0 saturated heterocycles. The van der Waals surface area contributed by atoms with Gasteiger partial charge in [-0.1, -0.05) is 13.3 Å². The van der Waals surface area contributed by atoms with E-state index in [1.807, 2.05) is 18.7 Å². The number of urea groups is 1. The summed E-state index contributed by atoms with van der Waals surface area (Å²) in [6, 6.07) is 4.68. The number of hydrogen-bond acceptors (Lipinski definition) is 1. The average Bonchev–Trinajstić information content (AvgIpc) is 2.77. The van der Waals surface area contributed by atoms with Gasteiger partial charge >= 0.3 is 6.03 Å². The molecule has 2 rings (SSSR count). The molecule has 0 spiro atoms. The number of aromatic nitrogens is 1. The van der Waals surface area contributed by atoms with E-state index in [4.69, 9.17) is 0 Å². The quantitative estimate of drug-likeness (QED) is 0.878. The van der Waals surface area contributed by atoms with Crippen LogP contribution in [0.25, 0.3) is 0 Å². The number of amides is 2. The SMILES string of the molecule is CCC[C@@H]1c2cccn2CCN1C(=O)NC(C)C. The summed E-state index contributed by atoms with van der Waals surface area (Å²) in [5.74, 6) is 0. The van der Waals surface area contributed by atoms with E-state index >= 15 is 0 Å². The van der Waals surface area contributed by atoms with Crippen molar-refractivity contribution in [2.24, 2.45) is 0 Å². The molecule has 0 bridgehead atoms. The summed E-state index contributed by atoms with van der Waals surface area (Å²) in [6.07, 6.45) is 4.21. The van der Waals surface area contributed by atoms with Gasteiger partial charge in [-0.15, -0.1) is 0 Å². The molecular formula is C14H23N3O. The van der Waals surface area contributed by atoms with Crippen LogP contribution in [0.3, 0.4) is 0 Å². The summed E-state index contributed by atoms with van der Waals surface area (Å²) >= 11 is 0. The molecule has 1 N–H and O–H groups in total. The lowest BCUT2D eigenvalue weighted by Crippen LogP contribution is -2.48. The van der Waals surface area contributed by atoms with E-state index in [9.17, 15) is 4.79 Å². The molecule has 2 heterocycles. The van der Waals surface area contributed by atoms with Crippen molar-refractivity contribution in [1.82, 2.24) is 14.8 Å². The molecule has 4 heteroatoms. The Morgan fingerprint density at radius 2 is 2.28 bits per heavy atom. The van der Waals surface area contributed by atoms with E-state index in [-0.39, 0.29) is 18.1 Å². The van der Waals surface area contributed by atoms with Gasteiger partial charge < -0.3 is 14.8 Å². The molecule has 1 aromatic heterocycles. The van der Waals surface area contributed by atoms with E-state index in [0.717, 1.165) is 25.9 Å². The van der Waals surface area contributed by atoms with Gasteiger partial charge in [-0.2, -0.15) is 0 Å². The standard InChI is InChI=1S/C14H23N3O/c1-4-6-13-12-7-5-8-16(12)9-10-17(13)14(18)15-11(2)3/h5,7-8,11,13H,4,6,9-10H2,1-3H3,(H,15,18)/t13-/m1/s1. The Hall–Kier alpha value is -1.45. The summed E-state index contributed by atoms with van der Waals surface area (Å²) in [7, 11) is 0. The Balaban J connectivity index is 2.18. The molecule has 0 aromatic carbocycles. The number of carbonyl (C=O) groups excluding carboxylic acids is 1. The third-order valence-corrected chi connectivity index (χ3v) is 3.40. The van der Waals surface area contributed by atoms with Crippen LogP contribution in [0.5, 0.6) is 0 Å². The molecule has 0 aliphatic carbocycles. The van der Waals surface area contributed by atoms with Crippen molar-refractivity contribution < 1.29 is 4.79 Å². The second-order valence-electron chi connectivity index (χ2n) is 5.23. The van der Waals surface area contributed by atoms with Crippen LogP contribution in [0, 0.1) is 0 Å². The van der Waals surface area contributed by atoms with Crippen LogP contribution in [0.15, 0.2) is 18.3 Å². The van der Waals surface area contributed by atoms with Gasteiger partial charge in [-0.3, -0.25) is 0 Å². The van der Waals surface area contributed by atoms with Crippen molar-refractivity contribution in [2.45, 2.75) is 52.2 Å². The van der Waals surface area contributed by atoms with Gasteiger partial charge in [0.05, 0.1) is 6.04 Å². The average molecular weight is 249 g/mol. The minimum absolute atomic E-state index is 0.0656. The molecule has 100 valence electrons. The fourth-order valence-electron chi connectivity index (χ4n) is 2.61. The van der Waals surface area contributed by atoms with Crippen molar-refractivity contribution in [3.63, 3.8) is 0 Å². The van der Waals surface area contributed by atoms with Crippen LogP contribution in [0.1, 0.15) is 45.3 Å². The lowest BCUT2D eigenvalue weighted by atomic mass is 10.0. The topological polar surface area (TPSA) is 37.3 Å². The van der Waals surface area contributed by atoms with Gasteiger partial charge in [0, 0.05) is 31.0 Å². The van der Waals surface area contributed by atoms with Gasteiger partial charge in [0.1, 0.15) is 0 Å². The van der Waals surface area contributed by atoms with Crippen molar-refractivity contribution >= 4 is 6.03 Å². The van der Waals surface area contributed by atoms with Crippen LogP contribution in [-0.4, -0.2) is 28.1 Å². The molecule has 4 nitrogen and oxygen atoms in total. The van der Waals surface area contributed by atoms with Gasteiger partial charge in [0.15, 0.2) is 0 Å². The highest BCUT2D eigenvalue weighted by Crippen LogP contribution is 2.29. The Morgan fingerprint density at radius 1 is 1.50 bits per heavy atom. The monoisotopic (exact) mass is 249 g/mol. The highest BCUT2D eigenvalue weighted by Gasteiger charge is 2.30. The maximum atomic E-state index is 12.2. The van der Waals surface area contributed by atoms with E-state index in [0.29, 0.717) is 0 Å². The lowest BCUT2D eigenvalue weighted by Gasteiger charge is -2.37. The molecule has 1 atom stereocenters. The molecule has 0 fully saturated rings. The molecule has 1 aromatic rings. The van der Waals surface area contributed by atoms with Crippen molar-refractivity contribution in [3.8, 4) is 0 Å². The summed E-state index contributed by atoms with van der Waals surface area (Å²) < 4.78 is 2.26. The summed E-state index contributed by atoms with van der Waals surface area (Å²) in [5.41, 5.74) is 1.27. The molecular weight excluding hydrogens is 226 g/mol. The molecule has 1 aliphatic heterocycles. The zero-order chi connectivity index (χ0) is 13.1. The third-order valence-electron chi connectivity index (χ3n) is 3.40. The van der Waals surface area contributed by atoms with Crippen LogP contribution >= 0.6 is 0 Å². The first-order valence-electron chi connectivity index (χ1n) is 6.85. The summed E-state index contributed by atoms with van der Waals surface area (Å²) in [6.45, 7) is 7.86. The lowest BCUT2D eigenvalue weighted by molar-refractivity contribution is 0.149. The van der Waals surface area contributed by atoms with E-state index < -0.39 is 0 Å². The number of hydrogen-bond donors (Lipinski definition) is 1. The Kier molecular flexibility index (Phi) is 3.94. The van der Waals surface area contributed by atoms with Crippen LogP contribution in [0.4, 0.5) is 4.79 Å².